The molecule has 2 nitrogen and oxygen atoms in total. The molecule has 0 aromatic rings. The molecule has 2 fully saturated rings. The van der Waals surface area contributed by atoms with E-state index >= 15 is 0 Å². The number of rotatable bonds is 1. The van der Waals surface area contributed by atoms with Crippen LogP contribution in [0.1, 0.15) is 40.5 Å². The van der Waals surface area contributed by atoms with Crippen LogP contribution >= 0.6 is 8.38 Å². The highest BCUT2D eigenvalue weighted by Gasteiger charge is 2.54. The summed E-state index contributed by atoms with van der Waals surface area (Å²) in [5.74, 6) is 1.53. The lowest BCUT2D eigenvalue weighted by Gasteiger charge is -2.29. The molecule has 3 aliphatic rings. The van der Waals surface area contributed by atoms with Gasteiger partial charge in [0.2, 0.25) is 0 Å². The molecule has 1 saturated carbocycles. The third kappa shape index (κ3) is 1.50. The molecule has 1 aliphatic heterocycles. The molecular formula is C13H21O2P. The highest BCUT2D eigenvalue weighted by molar-refractivity contribution is 7.48. The Morgan fingerprint density at radius 3 is 2.06 bits per heavy atom. The van der Waals surface area contributed by atoms with Crippen LogP contribution in [-0.4, -0.2) is 16.9 Å². The van der Waals surface area contributed by atoms with E-state index in [0.717, 1.165) is 11.8 Å². The second kappa shape index (κ2) is 3.31. The van der Waals surface area contributed by atoms with Gasteiger partial charge in [-0.05, 0) is 52.4 Å². The maximum absolute atomic E-state index is 6.21. The fraction of sp³-hybridized carbons (Fsp3) is 0.846. The van der Waals surface area contributed by atoms with Crippen LogP contribution in [0.2, 0.25) is 0 Å². The lowest BCUT2D eigenvalue weighted by Crippen LogP contribution is -2.41. The Morgan fingerprint density at radius 1 is 1.00 bits per heavy atom. The van der Waals surface area contributed by atoms with Gasteiger partial charge in [-0.1, -0.05) is 12.2 Å². The minimum absolute atomic E-state index is 0.149. The van der Waals surface area contributed by atoms with Gasteiger partial charge >= 0.3 is 0 Å². The zero-order valence-corrected chi connectivity index (χ0v) is 11.5. The maximum Gasteiger partial charge on any atom is 0.175 e. The van der Waals surface area contributed by atoms with Crippen LogP contribution in [-0.2, 0) is 9.05 Å². The summed E-state index contributed by atoms with van der Waals surface area (Å²) < 4.78 is 12.4. The number of allylic oxidation sites excluding steroid dienone is 2. The van der Waals surface area contributed by atoms with Gasteiger partial charge in [-0.25, -0.2) is 0 Å². The Bertz CT molecular complexity index is 319. The summed E-state index contributed by atoms with van der Waals surface area (Å²) in [6, 6.07) is 0. The third-order valence-corrected chi connectivity index (χ3v) is 7.01. The molecule has 3 rings (SSSR count). The smallest absolute Gasteiger partial charge is 0.175 e. The maximum atomic E-state index is 6.21. The van der Waals surface area contributed by atoms with E-state index in [9.17, 15) is 0 Å². The van der Waals surface area contributed by atoms with Gasteiger partial charge in [0, 0.05) is 5.66 Å². The third-order valence-electron chi connectivity index (χ3n) is 4.60. The SMILES string of the molecule is CC1(C)OP(C2CC3C=CC2C3)OC1(C)C. The van der Waals surface area contributed by atoms with Gasteiger partial charge in [0.15, 0.2) is 8.38 Å². The average molecular weight is 240 g/mol. The number of hydrogen-bond acceptors (Lipinski definition) is 2. The summed E-state index contributed by atoms with van der Waals surface area (Å²) in [4.78, 5) is 0. The molecule has 0 N–H and O–H groups in total. The predicted molar refractivity (Wildman–Crippen MR) is 66.4 cm³/mol. The van der Waals surface area contributed by atoms with Crippen molar-refractivity contribution < 1.29 is 9.05 Å². The van der Waals surface area contributed by atoms with Crippen molar-refractivity contribution in [3.8, 4) is 0 Å². The summed E-state index contributed by atoms with van der Waals surface area (Å²) in [5, 5.41) is 0. The topological polar surface area (TPSA) is 18.5 Å². The second-order valence-corrected chi connectivity index (χ2v) is 7.94. The number of hydrogen-bond donors (Lipinski definition) is 0. The lowest BCUT2D eigenvalue weighted by molar-refractivity contribution is 0.00578. The molecule has 16 heavy (non-hydrogen) atoms. The molecule has 2 aliphatic carbocycles. The van der Waals surface area contributed by atoms with E-state index in [1.165, 1.54) is 12.8 Å². The quantitative estimate of drug-likeness (QED) is 0.511. The highest BCUT2D eigenvalue weighted by Crippen LogP contribution is 2.66. The Balaban J connectivity index is 1.77. The standard InChI is InChI=1S/C13H21O2P/c1-12(2)13(3,4)15-16(14-12)11-8-9-5-6-10(11)7-9/h5-6,9-11H,7-8H2,1-4H3. The molecule has 0 spiro atoms. The molecular weight excluding hydrogens is 219 g/mol. The molecule has 3 unspecified atom stereocenters. The highest BCUT2D eigenvalue weighted by atomic mass is 31.2. The molecule has 1 saturated heterocycles. The summed E-state index contributed by atoms with van der Waals surface area (Å²) in [5.41, 5.74) is 0.347. The van der Waals surface area contributed by atoms with Crippen molar-refractivity contribution in [2.24, 2.45) is 11.8 Å². The van der Waals surface area contributed by atoms with Crippen molar-refractivity contribution in [1.82, 2.24) is 0 Å². The molecule has 2 bridgehead atoms. The van der Waals surface area contributed by atoms with Gasteiger partial charge in [0.05, 0.1) is 11.2 Å². The lowest BCUT2D eigenvalue weighted by atomic mass is 9.90. The van der Waals surface area contributed by atoms with Crippen molar-refractivity contribution >= 4 is 8.38 Å². The largest absolute Gasteiger partial charge is 0.325 e. The predicted octanol–water partition coefficient (Wildman–Crippen LogP) is 3.87. The number of fused-ring (bicyclic) bond motifs is 2. The van der Waals surface area contributed by atoms with Crippen molar-refractivity contribution in [2.75, 3.05) is 0 Å². The van der Waals surface area contributed by atoms with Gasteiger partial charge in [0.25, 0.3) is 0 Å². The van der Waals surface area contributed by atoms with Crippen molar-refractivity contribution in [3.63, 3.8) is 0 Å². The van der Waals surface area contributed by atoms with Gasteiger partial charge in [-0.3, -0.25) is 0 Å². The van der Waals surface area contributed by atoms with Gasteiger partial charge < -0.3 is 9.05 Å². The summed E-state index contributed by atoms with van der Waals surface area (Å²) in [6.07, 6.45) is 7.37. The van der Waals surface area contributed by atoms with E-state index in [-0.39, 0.29) is 11.2 Å². The van der Waals surface area contributed by atoms with Crippen LogP contribution in [0.4, 0.5) is 0 Å². The molecule has 0 aromatic heterocycles. The normalized spacial score (nSPS) is 44.4. The van der Waals surface area contributed by atoms with Crippen LogP contribution in [0.15, 0.2) is 12.2 Å². The Kier molecular flexibility index (Phi) is 2.32. The Hall–Kier alpha value is 0.0900. The summed E-state index contributed by atoms with van der Waals surface area (Å²) >= 11 is 0. The second-order valence-electron chi connectivity index (χ2n) is 6.34. The van der Waals surface area contributed by atoms with Gasteiger partial charge in [-0.15, -0.1) is 0 Å². The molecule has 0 amide bonds. The summed E-state index contributed by atoms with van der Waals surface area (Å²) in [6.45, 7) is 8.60. The molecule has 0 radical (unpaired) electrons. The first kappa shape index (κ1) is 11.2. The first-order valence-corrected chi connectivity index (χ1v) is 7.49. The average Bonchev–Trinajstić information content (AvgIpc) is 2.79. The zero-order valence-electron chi connectivity index (χ0n) is 10.6. The zero-order chi connectivity index (χ0) is 11.6. The van der Waals surface area contributed by atoms with Crippen molar-refractivity contribution in [1.29, 1.82) is 0 Å². The minimum Gasteiger partial charge on any atom is -0.325 e. The van der Waals surface area contributed by atoms with Crippen molar-refractivity contribution in [2.45, 2.75) is 57.4 Å². The van der Waals surface area contributed by atoms with E-state index in [1.54, 1.807) is 0 Å². The van der Waals surface area contributed by atoms with E-state index in [2.05, 4.69) is 39.8 Å². The molecule has 3 heteroatoms. The van der Waals surface area contributed by atoms with E-state index in [0.29, 0.717) is 5.66 Å². The minimum atomic E-state index is -0.688. The van der Waals surface area contributed by atoms with Crippen LogP contribution in [0.25, 0.3) is 0 Å². The van der Waals surface area contributed by atoms with Crippen molar-refractivity contribution in [3.05, 3.63) is 12.2 Å². The fourth-order valence-corrected chi connectivity index (χ4v) is 5.44. The first-order chi connectivity index (χ1) is 7.39. The molecule has 1 heterocycles. The van der Waals surface area contributed by atoms with Crippen LogP contribution < -0.4 is 0 Å². The molecule has 90 valence electrons. The first-order valence-electron chi connectivity index (χ1n) is 6.25. The van der Waals surface area contributed by atoms with E-state index < -0.39 is 8.38 Å². The van der Waals surface area contributed by atoms with Crippen LogP contribution in [0, 0.1) is 11.8 Å². The fourth-order valence-electron chi connectivity index (χ4n) is 2.82. The summed E-state index contributed by atoms with van der Waals surface area (Å²) in [7, 11) is -0.688. The Morgan fingerprint density at radius 2 is 1.62 bits per heavy atom. The van der Waals surface area contributed by atoms with Gasteiger partial charge in [0.1, 0.15) is 0 Å². The van der Waals surface area contributed by atoms with E-state index in [4.69, 9.17) is 9.05 Å². The van der Waals surface area contributed by atoms with Crippen LogP contribution in [0.3, 0.4) is 0 Å². The van der Waals surface area contributed by atoms with Crippen LogP contribution in [0.5, 0.6) is 0 Å². The molecule has 0 aromatic carbocycles. The van der Waals surface area contributed by atoms with E-state index in [1.807, 2.05) is 0 Å². The molecule has 3 atom stereocenters. The Labute approximate surface area is 99.3 Å². The van der Waals surface area contributed by atoms with Gasteiger partial charge in [-0.2, -0.15) is 0 Å². The monoisotopic (exact) mass is 240 g/mol.